The number of rotatable bonds is 6. The highest BCUT2D eigenvalue weighted by atomic mass is 79.9. The van der Waals surface area contributed by atoms with Crippen LogP contribution in [-0.2, 0) is 0 Å². The minimum Gasteiger partial charge on any atom is -0.352 e. The molecule has 0 radical (unpaired) electrons. The third-order valence-corrected chi connectivity index (χ3v) is 4.27. The average Bonchev–Trinajstić information content (AvgIpc) is 2.70. The molecule has 3 rings (SSSR count). The summed E-state index contributed by atoms with van der Waals surface area (Å²) >= 11 is 3.38. The lowest BCUT2D eigenvalue weighted by atomic mass is 10.0. The van der Waals surface area contributed by atoms with E-state index < -0.39 is 0 Å². The highest BCUT2D eigenvalue weighted by molar-refractivity contribution is 9.10. The fourth-order valence-corrected chi connectivity index (χ4v) is 2.67. The maximum Gasteiger partial charge on any atom is 0.209 e. The van der Waals surface area contributed by atoms with Crippen LogP contribution in [0.5, 0.6) is 0 Å². The molecule has 0 heterocycles. The molecule has 0 amide bonds. The van der Waals surface area contributed by atoms with Crippen LogP contribution in [0.15, 0.2) is 101 Å². The Morgan fingerprint density at radius 1 is 0.731 bits per heavy atom. The maximum atomic E-state index is 12.9. The summed E-state index contributed by atoms with van der Waals surface area (Å²) < 4.78 is 0.934. The number of nitrogens with one attached hydrogen (secondary N) is 1. The molecule has 3 aromatic rings. The molecule has 26 heavy (non-hydrogen) atoms. The van der Waals surface area contributed by atoms with E-state index in [2.05, 4.69) is 21.2 Å². The van der Waals surface area contributed by atoms with Crippen molar-refractivity contribution >= 4 is 33.2 Å². The van der Waals surface area contributed by atoms with Gasteiger partial charge in [-0.05, 0) is 24.3 Å². The Balaban J connectivity index is 1.95. The second-order valence-corrected chi connectivity index (χ2v) is 6.53. The van der Waals surface area contributed by atoms with Gasteiger partial charge in [0.1, 0.15) is 0 Å². The summed E-state index contributed by atoms with van der Waals surface area (Å²) in [5.41, 5.74) is 2.00. The molecule has 128 valence electrons. The topological polar surface area (TPSA) is 46.2 Å². The largest absolute Gasteiger partial charge is 0.352 e. The molecule has 0 unspecified atom stereocenters. The maximum absolute atomic E-state index is 12.9. The van der Waals surface area contributed by atoms with E-state index in [1.165, 1.54) is 6.08 Å². The lowest BCUT2D eigenvalue weighted by Crippen LogP contribution is -2.14. The van der Waals surface area contributed by atoms with Crippen LogP contribution in [0.3, 0.4) is 0 Å². The summed E-state index contributed by atoms with van der Waals surface area (Å²) in [6.07, 6.45) is 1.35. The van der Waals surface area contributed by atoms with Crippen LogP contribution < -0.4 is 5.32 Å². The van der Waals surface area contributed by atoms with Crippen molar-refractivity contribution < 1.29 is 9.59 Å². The third-order valence-electron chi connectivity index (χ3n) is 3.74. The van der Waals surface area contributed by atoms with E-state index in [1.807, 2.05) is 36.4 Å². The van der Waals surface area contributed by atoms with Gasteiger partial charge in [-0.15, -0.1) is 0 Å². The smallest absolute Gasteiger partial charge is 0.209 e. The highest BCUT2D eigenvalue weighted by Crippen LogP contribution is 2.18. The molecule has 0 atom stereocenters. The number of hydrogen-bond donors (Lipinski definition) is 1. The van der Waals surface area contributed by atoms with Crippen molar-refractivity contribution in [3.8, 4) is 0 Å². The lowest BCUT2D eigenvalue weighted by Gasteiger charge is -2.11. The summed E-state index contributed by atoms with van der Waals surface area (Å²) in [6.45, 7) is 0. The predicted octanol–water partition coefficient (Wildman–Crippen LogP) is 5.51. The monoisotopic (exact) mass is 405 g/mol. The number of benzene rings is 3. The minimum atomic E-state index is -0.238. The second kappa shape index (κ2) is 8.41. The van der Waals surface area contributed by atoms with E-state index in [0.29, 0.717) is 11.1 Å². The molecule has 0 aliphatic rings. The average molecular weight is 406 g/mol. The van der Waals surface area contributed by atoms with Crippen molar-refractivity contribution in [2.24, 2.45) is 0 Å². The van der Waals surface area contributed by atoms with Gasteiger partial charge in [0.25, 0.3) is 0 Å². The van der Waals surface area contributed by atoms with E-state index >= 15 is 0 Å². The van der Waals surface area contributed by atoms with Gasteiger partial charge in [-0.3, -0.25) is 9.59 Å². The minimum absolute atomic E-state index is 0.227. The predicted molar refractivity (Wildman–Crippen MR) is 107 cm³/mol. The Morgan fingerprint density at radius 2 is 1.27 bits per heavy atom. The molecule has 0 fully saturated rings. The van der Waals surface area contributed by atoms with Gasteiger partial charge in [0.15, 0.2) is 5.78 Å². The van der Waals surface area contributed by atoms with Gasteiger partial charge in [-0.25, -0.2) is 0 Å². The van der Waals surface area contributed by atoms with Crippen molar-refractivity contribution in [3.63, 3.8) is 0 Å². The normalized spacial score (nSPS) is 11.0. The zero-order valence-corrected chi connectivity index (χ0v) is 15.4. The first-order valence-electron chi connectivity index (χ1n) is 8.07. The molecule has 1 N–H and O–H groups in total. The van der Waals surface area contributed by atoms with Gasteiger partial charge in [0, 0.05) is 27.4 Å². The number of halogens is 1. The Morgan fingerprint density at radius 3 is 1.85 bits per heavy atom. The zero-order valence-electron chi connectivity index (χ0n) is 13.9. The molecule has 0 aromatic heterocycles. The molecular formula is C22H16BrNO2. The van der Waals surface area contributed by atoms with Gasteiger partial charge < -0.3 is 5.32 Å². The van der Waals surface area contributed by atoms with Crippen molar-refractivity contribution in [1.82, 2.24) is 0 Å². The van der Waals surface area contributed by atoms with Crippen LogP contribution >= 0.6 is 15.9 Å². The number of ketones is 2. The zero-order chi connectivity index (χ0) is 18.4. The standard InChI is InChI=1S/C22H16BrNO2/c23-18-11-13-19(14-12-18)24-20(22(26)17-9-5-2-6-10-17)15-21(25)16-7-3-1-4-8-16/h1-15,24H. The van der Waals surface area contributed by atoms with Crippen molar-refractivity contribution in [3.05, 3.63) is 112 Å². The number of Topliss-reactive ketones (excluding diaryl/α,β-unsaturated/α-hetero) is 1. The highest BCUT2D eigenvalue weighted by Gasteiger charge is 2.15. The van der Waals surface area contributed by atoms with Gasteiger partial charge in [0.05, 0.1) is 5.70 Å². The van der Waals surface area contributed by atoms with Crippen LogP contribution in [0.4, 0.5) is 5.69 Å². The van der Waals surface area contributed by atoms with Crippen LogP contribution in [0.2, 0.25) is 0 Å². The quantitative estimate of drug-likeness (QED) is 0.434. The van der Waals surface area contributed by atoms with Crippen LogP contribution in [0.1, 0.15) is 20.7 Å². The molecule has 0 saturated carbocycles. The molecule has 0 spiro atoms. The number of carbonyl (C=O) groups excluding carboxylic acids is 2. The summed E-state index contributed by atoms with van der Waals surface area (Å²) in [5.74, 6) is -0.465. The number of anilines is 1. The summed E-state index contributed by atoms with van der Waals surface area (Å²) in [6, 6.07) is 25.2. The SMILES string of the molecule is O=C(C=C(Nc1ccc(Br)cc1)C(=O)c1ccccc1)c1ccccc1. The molecule has 0 aliphatic heterocycles. The number of carbonyl (C=O) groups is 2. The first-order valence-corrected chi connectivity index (χ1v) is 8.86. The Kier molecular flexibility index (Phi) is 5.77. The summed E-state index contributed by atoms with van der Waals surface area (Å²) in [7, 11) is 0. The Hall–Kier alpha value is -2.98. The third kappa shape index (κ3) is 4.55. The fraction of sp³-hybridized carbons (Fsp3) is 0. The molecule has 3 aromatic carbocycles. The van der Waals surface area contributed by atoms with Crippen molar-refractivity contribution in [2.45, 2.75) is 0 Å². The lowest BCUT2D eigenvalue weighted by molar-refractivity contribution is 0.101. The van der Waals surface area contributed by atoms with Crippen LogP contribution in [-0.4, -0.2) is 11.6 Å². The van der Waals surface area contributed by atoms with Crippen LogP contribution in [0, 0.1) is 0 Å². The van der Waals surface area contributed by atoms with E-state index in [0.717, 1.165) is 10.2 Å². The van der Waals surface area contributed by atoms with E-state index in [4.69, 9.17) is 0 Å². The summed E-state index contributed by atoms with van der Waals surface area (Å²) in [5, 5.41) is 3.08. The Labute approximate surface area is 160 Å². The van der Waals surface area contributed by atoms with Gasteiger partial charge >= 0.3 is 0 Å². The van der Waals surface area contributed by atoms with Gasteiger partial charge in [-0.2, -0.15) is 0 Å². The van der Waals surface area contributed by atoms with E-state index in [1.54, 1.807) is 48.5 Å². The van der Waals surface area contributed by atoms with Crippen LogP contribution in [0.25, 0.3) is 0 Å². The molecule has 4 heteroatoms. The fourth-order valence-electron chi connectivity index (χ4n) is 2.41. The molecule has 0 bridgehead atoms. The molecule has 3 nitrogen and oxygen atoms in total. The first kappa shape index (κ1) is 17.8. The molecule has 0 aliphatic carbocycles. The molecular weight excluding hydrogens is 390 g/mol. The second-order valence-electron chi connectivity index (χ2n) is 5.62. The number of hydrogen-bond acceptors (Lipinski definition) is 3. The summed E-state index contributed by atoms with van der Waals surface area (Å²) in [4.78, 5) is 25.4. The van der Waals surface area contributed by atoms with Crippen molar-refractivity contribution in [2.75, 3.05) is 5.32 Å². The van der Waals surface area contributed by atoms with Gasteiger partial charge in [-0.1, -0.05) is 76.6 Å². The Bertz CT molecular complexity index is 933. The molecule has 0 saturated heterocycles. The van der Waals surface area contributed by atoms with E-state index in [-0.39, 0.29) is 17.3 Å². The van der Waals surface area contributed by atoms with Crippen molar-refractivity contribution in [1.29, 1.82) is 0 Å². The van der Waals surface area contributed by atoms with E-state index in [9.17, 15) is 9.59 Å². The first-order chi connectivity index (χ1) is 12.6. The van der Waals surface area contributed by atoms with Gasteiger partial charge in [0.2, 0.25) is 5.78 Å². The number of allylic oxidation sites excluding steroid dienone is 2.